The molecular weight excluding hydrogens is 306 g/mol. The van der Waals surface area contributed by atoms with Crippen LogP contribution in [0.4, 0.5) is 0 Å². The molecule has 1 aliphatic heterocycles. The van der Waals surface area contributed by atoms with E-state index >= 15 is 0 Å². The lowest BCUT2D eigenvalue weighted by Crippen LogP contribution is -2.45. The zero-order chi connectivity index (χ0) is 16.8. The Hall–Kier alpha value is -0.700. The molecule has 0 radical (unpaired) electrons. The minimum Gasteiger partial charge on any atom is -0.379 e. The van der Waals surface area contributed by atoms with Gasteiger partial charge in [-0.2, -0.15) is 4.31 Å². The Balaban J connectivity index is 2.43. The summed E-state index contributed by atoms with van der Waals surface area (Å²) in [6.45, 7) is 10.3. The first-order valence-electron chi connectivity index (χ1n) is 7.64. The van der Waals surface area contributed by atoms with Gasteiger partial charge in [0.2, 0.25) is 15.9 Å². The number of hydrogen-bond donors (Lipinski definition) is 1. The van der Waals surface area contributed by atoms with Crippen LogP contribution in [0.15, 0.2) is 0 Å². The van der Waals surface area contributed by atoms with E-state index in [1.165, 1.54) is 10.6 Å². The van der Waals surface area contributed by atoms with Crippen LogP contribution in [0.3, 0.4) is 0 Å². The van der Waals surface area contributed by atoms with E-state index in [-0.39, 0.29) is 5.91 Å². The minimum atomic E-state index is -3.28. The van der Waals surface area contributed by atoms with Crippen molar-refractivity contribution >= 4 is 15.9 Å². The predicted molar refractivity (Wildman–Crippen MR) is 86.1 cm³/mol. The largest absolute Gasteiger partial charge is 0.379 e. The molecule has 130 valence electrons. The standard InChI is InChI=1S/C14H29N3O4S/c1-14(2,3)13(18)15-5-6-17(22(4,19)20)8-7-16-9-11-21-12-10-16/h5-12H2,1-4H3,(H,15,18). The maximum atomic E-state index is 11.8. The van der Waals surface area contributed by atoms with Gasteiger partial charge >= 0.3 is 0 Å². The molecule has 1 rings (SSSR count). The minimum absolute atomic E-state index is 0.0749. The van der Waals surface area contributed by atoms with Crippen molar-refractivity contribution < 1.29 is 17.9 Å². The number of nitrogens with zero attached hydrogens (tertiary/aromatic N) is 2. The maximum Gasteiger partial charge on any atom is 0.225 e. The second kappa shape index (κ2) is 8.24. The van der Waals surface area contributed by atoms with E-state index in [4.69, 9.17) is 4.74 Å². The number of sulfonamides is 1. The van der Waals surface area contributed by atoms with E-state index in [1.807, 2.05) is 20.8 Å². The van der Waals surface area contributed by atoms with Crippen molar-refractivity contribution in [1.29, 1.82) is 0 Å². The summed E-state index contributed by atoms with van der Waals surface area (Å²) in [6.07, 6.45) is 1.21. The normalized spacial score (nSPS) is 17.7. The lowest BCUT2D eigenvalue weighted by atomic mass is 9.96. The molecule has 0 aromatic rings. The van der Waals surface area contributed by atoms with E-state index in [0.717, 1.165) is 13.1 Å². The highest BCUT2D eigenvalue weighted by Crippen LogP contribution is 2.12. The Labute approximate surface area is 134 Å². The Bertz CT molecular complexity index is 453. The van der Waals surface area contributed by atoms with Crippen molar-refractivity contribution in [2.24, 2.45) is 5.41 Å². The number of amides is 1. The number of hydrogen-bond acceptors (Lipinski definition) is 5. The molecule has 0 saturated carbocycles. The Kier molecular flexibility index (Phi) is 7.24. The molecule has 7 nitrogen and oxygen atoms in total. The quantitative estimate of drug-likeness (QED) is 0.694. The van der Waals surface area contributed by atoms with Crippen molar-refractivity contribution in [2.75, 3.05) is 58.7 Å². The summed E-state index contributed by atoms with van der Waals surface area (Å²) < 4.78 is 30.4. The number of nitrogens with one attached hydrogen (secondary N) is 1. The van der Waals surface area contributed by atoms with Crippen LogP contribution >= 0.6 is 0 Å². The van der Waals surface area contributed by atoms with Crippen molar-refractivity contribution in [1.82, 2.24) is 14.5 Å². The van der Waals surface area contributed by atoms with Crippen LogP contribution in [0.25, 0.3) is 0 Å². The van der Waals surface area contributed by atoms with Gasteiger partial charge in [0.05, 0.1) is 19.5 Å². The maximum absolute atomic E-state index is 11.8. The van der Waals surface area contributed by atoms with Gasteiger partial charge in [-0.05, 0) is 0 Å². The second-order valence-electron chi connectivity index (χ2n) is 6.62. The molecule has 0 bridgehead atoms. The molecule has 0 aromatic carbocycles. The molecule has 8 heteroatoms. The molecule has 0 aliphatic carbocycles. The summed E-state index contributed by atoms with van der Waals surface area (Å²) in [7, 11) is -3.28. The van der Waals surface area contributed by atoms with E-state index in [9.17, 15) is 13.2 Å². The number of carbonyl (C=O) groups excluding carboxylic acids is 1. The van der Waals surface area contributed by atoms with E-state index in [1.54, 1.807) is 0 Å². The average Bonchev–Trinajstić information content (AvgIpc) is 2.41. The van der Waals surface area contributed by atoms with Crippen LogP contribution in [-0.2, 0) is 19.6 Å². The highest BCUT2D eigenvalue weighted by atomic mass is 32.2. The van der Waals surface area contributed by atoms with E-state index < -0.39 is 15.4 Å². The van der Waals surface area contributed by atoms with Gasteiger partial charge in [-0.3, -0.25) is 9.69 Å². The monoisotopic (exact) mass is 335 g/mol. The van der Waals surface area contributed by atoms with Crippen LogP contribution in [0.2, 0.25) is 0 Å². The Morgan fingerprint density at radius 3 is 2.32 bits per heavy atom. The highest BCUT2D eigenvalue weighted by molar-refractivity contribution is 7.88. The van der Waals surface area contributed by atoms with Crippen LogP contribution in [0.1, 0.15) is 20.8 Å². The second-order valence-corrected chi connectivity index (χ2v) is 8.60. The molecule has 1 heterocycles. The van der Waals surface area contributed by atoms with Crippen LogP contribution in [-0.4, -0.2) is 82.3 Å². The lowest BCUT2D eigenvalue weighted by Gasteiger charge is -2.29. The number of rotatable bonds is 7. The summed E-state index contributed by atoms with van der Waals surface area (Å²) in [6, 6.07) is 0. The molecule has 0 atom stereocenters. The summed E-state index contributed by atoms with van der Waals surface area (Å²) in [5, 5.41) is 2.78. The van der Waals surface area contributed by atoms with Crippen molar-refractivity contribution in [3.8, 4) is 0 Å². The molecule has 22 heavy (non-hydrogen) atoms. The first kappa shape index (κ1) is 19.3. The smallest absolute Gasteiger partial charge is 0.225 e. The fraction of sp³-hybridized carbons (Fsp3) is 0.929. The van der Waals surface area contributed by atoms with Crippen LogP contribution in [0, 0.1) is 5.41 Å². The third-order valence-electron chi connectivity index (χ3n) is 3.57. The fourth-order valence-corrected chi connectivity index (χ4v) is 2.92. The molecule has 0 unspecified atom stereocenters. The first-order chi connectivity index (χ1) is 10.1. The zero-order valence-corrected chi connectivity index (χ0v) is 14.9. The van der Waals surface area contributed by atoms with Gasteiger partial charge in [0.1, 0.15) is 0 Å². The van der Waals surface area contributed by atoms with Gasteiger partial charge in [0.25, 0.3) is 0 Å². The number of carbonyl (C=O) groups is 1. The molecule has 0 aromatic heterocycles. The molecule has 1 aliphatic rings. The van der Waals surface area contributed by atoms with E-state index in [2.05, 4.69) is 10.2 Å². The summed E-state index contributed by atoms with van der Waals surface area (Å²) in [5.41, 5.74) is -0.469. The lowest BCUT2D eigenvalue weighted by molar-refractivity contribution is -0.128. The van der Waals surface area contributed by atoms with Crippen molar-refractivity contribution in [3.63, 3.8) is 0 Å². The Morgan fingerprint density at radius 2 is 1.82 bits per heavy atom. The van der Waals surface area contributed by atoms with Gasteiger partial charge in [0, 0.05) is 44.7 Å². The van der Waals surface area contributed by atoms with Gasteiger partial charge in [0.15, 0.2) is 0 Å². The molecule has 1 amide bonds. The van der Waals surface area contributed by atoms with Crippen LogP contribution in [0.5, 0.6) is 0 Å². The SMILES string of the molecule is CC(C)(C)C(=O)NCCN(CCN1CCOCC1)S(C)(=O)=O. The fourth-order valence-electron chi connectivity index (χ4n) is 2.08. The Morgan fingerprint density at radius 1 is 1.23 bits per heavy atom. The third kappa shape index (κ3) is 7.04. The molecule has 1 N–H and O–H groups in total. The average molecular weight is 335 g/mol. The van der Waals surface area contributed by atoms with E-state index in [0.29, 0.717) is 39.4 Å². The molecular formula is C14H29N3O4S. The van der Waals surface area contributed by atoms with Crippen molar-refractivity contribution in [3.05, 3.63) is 0 Å². The molecule has 1 fully saturated rings. The highest BCUT2D eigenvalue weighted by Gasteiger charge is 2.22. The molecule has 0 spiro atoms. The summed E-state index contributed by atoms with van der Waals surface area (Å²) >= 11 is 0. The predicted octanol–water partition coefficient (Wildman–Crippen LogP) is -0.257. The topological polar surface area (TPSA) is 79.0 Å². The van der Waals surface area contributed by atoms with Gasteiger partial charge < -0.3 is 10.1 Å². The van der Waals surface area contributed by atoms with Gasteiger partial charge in [-0.1, -0.05) is 20.8 Å². The van der Waals surface area contributed by atoms with Gasteiger partial charge in [-0.15, -0.1) is 0 Å². The number of ether oxygens (including phenoxy) is 1. The summed E-state index contributed by atoms with van der Waals surface area (Å²) in [5.74, 6) is -0.0749. The third-order valence-corrected chi connectivity index (χ3v) is 4.87. The summed E-state index contributed by atoms with van der Waals surface area (Å²) in [4.78, 5) is 14.0. The zero-order valence-electron chi connectivity index (χ0n) is 14.1. The van der Waals surface area contributed by atoms with Gasteiger partial charge in [-0.25, -0.2) is 8.42 Å². The van der Waals surface area contributed by atoms with Crippen molar-refractivity contribution in [2.45, 2.75) is 20.8 Å². The number of morpholine rings is 1. The molecule has 1 saturated heterocycles. The first-order valence-corrected chi connectivity index (χ1v) is 9.49. The van der Waals surface area contributed by atoms with Crippen LogP contribution < -0.4 is 5.32 Å².